The number of carbonyl (C=O) groups excluding carboxylic acids is 1. The van der Waals surface area contributed by atoms with Gasteiger partial charge in [-0.25, -0.2) is 4.79 Å². The van der Waals surface area contributed by atoms with Gasteiger partial charge in [-0.1, -0.05) is 13.5 Å². The molecule has 0 aromatic carbocycles. The third kappa shape index (κ3) is 1.17. The maximum atomic E-state index is 12.1. The van der Waals surface area contributed by atoms with E-state index in [1.807, 2.05) is 6.92 Å². The van der Waals surface area contributed by atoms with Crippen LogP contribution in [0, 0.1) is 17.8 Å². The Bertz CT molecular complexity index is 496. The van der Waals surface area contributed by atoms with Crippen LogP contribution < -0.4 is 0 Å². The smallest absolute Gasteiger partial charge is 0.331 e. The van der Waals surface area contributed by atoms with Crippen molar-refractivity contribution in [2.45, 2.75) is 30.8 Å². The van der Waals surface area contributed by atoms with Gasteiger partial charge in [0.1, 0.15) is 0 Å². The van der Waals surface area contributed by atoms with Crippen molar-refractivity contribution in [3.05, 3.63) is 12.7 Å². The van der Waals surface area contributed by atoms with Crippen LogP contribution in [0.5, 0.6) is 0 Å². The van der Waals surface area contributed by atoms with Crippen molar-refractivity contribution in [2.24, 2.45) is 17.8 Å². The highest BCUT2D eigenvalue weighted by molar-refractivity contribution is 7.88. The van der Waals surface area contributed by atoms with Crippen molar-refractivity contribution >= 4 is 16.1 Å². The maximum Gasteiger partial charge on any atom is 0.331 e. The summed E-state index contributed by atoms with van der Waals surface area (Å²) in [6.07, 6.45) is 1.79. The van der Waals surface area contributed by atoms with E-state index >= 15 is 0 Å². The van der Waals surface area contributed by atoms with E-state index in [4.69, 9.17) is 8.92 Å². The summed E-state index contributed by atoms with van der Waals surface area (Å²) in [6.45, 7) is 5.29. The highest BCUT2D eigenvalue weighted by Crippen LogP contribution is 2.63. The second-order valence-electron chi connectivity index (χ2n) is 5.12. The SMILES string of the molecule is C=CC(=O)OC12CC3CC1C(OS2(=O)=O)C3C. The van der Waals surface area contributed by atoms with Crippen molar-refractivity contribution in [1.82, 2.24) is 0 Å². The quantitative estimate of drug-likeness (QED) is 0.416. The molecule has 17 heavy (non-hydrogen) atoms. The van der Waals surface area contributed by atoms with Crippen LogP contribution in [-0.2, 0) is 23.8 Å². The second-order valence-corrected chi connectivity index (χ2v) is 6.91. The Labute approximate surface area is 99.9 Å². The molecular weight excluding hydrogens is 244 g/mol. The standard InChI is InChI=1S/C11H14O5S/c1-3-9(12)15-11-5-7-4-8(11)10(6(7)2)16-17(11,13)14/h3,6-8,10H,1,4-5H2,2H3. The van der Waals surface area contributed by atoms with Gasteiger partial charge in [-0.3, -0.25) is 4.18 Å². The van der Waals surface area contributed by atoms with Gasteiger partial charge >= 0.3 is 16.1 Å². The molecule has 3 rings (SSSR count). The van der Waals surface area contributed by atoms with Gasteiger partial charge in [0.05, 0.1) is 6.10 Å². The molecule has 1 heterocycles. The summed E-state index contributed by atoms with van der Waals surface area (Å²) in [6, 6.07) is 0. The van der Waals surface area contributed by atoms with E-state index in [0.717, 1.165) is 12.5 Å². The third-order valence-electron chi connectivity index (χ3n) is 4.43. The average Bonchev–Trinajstić information content (AvgIpc) is 2.80. The zero-order valence-electron chi connectivity index (χ0n) is 9.46. The second kappa shape index (κ2) is 3.11. The molecule has 1 saturated heterocycles. The fourth-order valence-corrected chi connectivity index (χ4v) is 5.54. The Morgan fingerprint density at radius 1 is 1.59 bits per heavy atom. The number of esters is 1. The molecule has 5 unspecified atom stereocenters. The van der Waals surface area contributed by atoms with Crippen molar-refractivity contribution in [3.63, 3.8) is 0 Å². The first-order chi connectivity index (χ1) is 7.91. The molecule has 0 spiro atoms. The summed E-state index contributed by atoms with van der Waals surface area (Å²) >= 11 is 0. The Morgan fingerprint density at radius 2 is 2.29 bits per heavy atom. The van der Waals surface area contributed by atoms with Crippen LogP contribution in [0.15, 0.2) is 12.7 Å². The highest BCUT2D eigenvalue weighted by Gasteiger charge is 2.74. The molecule has 94 valence electrons. The highest BCUT2D eigenvalue weighted by atomic mass is 32.2. The zero-order valence-corrected chi connectivity index (χ0v) is 10.3. The first-order valence-corrected chi connectivity index (χ1v) is 7.10. The topological polar surface area (TPSA) is 69.7 Å². The molecule has 0 aromatic heterocycles. The molecule has 0 radical (unpaired) electrons. The first kappa shape index (κ1) is 11.2. The van der Waals surface area contributed by atoms with Gasteiger partial charge in [-0.15, -0.1) is 0 Å². The number of fused-ring (bicyclic) bond motifs is 1. The molecule has 2 bridgehead atoms. The van der Waals surface area contributed by atoms with Crippen LogP contribution >= 0.6 is 0 Å². The van der Waals surface area contributed by atoms with Crippen molar-refractivity contribution in [3.8, 4) is 0 Å². The predicted molar refractivity (Wildman–Crippen MR) is 58.2 cm³/mol. The lowest BCUT2D eigenvalue weighted by Gasteiger charge is -2.30. The summed E-state index contributed by atoms with van der Waals surface area (Å²) in [5, 5.41) is 0. The van der Waals surface area contributed by atoms with E-state index in [0.29, 0.717) is 6.42 Å². The lowest BCUT2D eigenvalue weighted by atomic mass is 9.86. The van der Waals surface area contributed by atoms with Crippen LogP contribution in [-0.4, -0.2) is 25.4 Å². The van der Waals surface area contributed by atoms with Crippen LogP contribution in [0.3, 0.4) is 0 Å². The van der Waals surface area contributed by atoms with Crippen LogP contribution in [0.2, 0.25) is 0 Å². The van der Waals surface area contributed by atoms with E-state index in [1.165, 1.54) is 0 Å². The molecule has 3 fully saturated rings. The van der Waals surface area contributed by atoms with Gasteiger partial charge in [-0.05, 0) is 18.3 Å². The van der Waals surface area contributed by atoms with E-state index in [2.05, 4.69) is 6.58 Å². The Kier molecular flexibility index (Phi) is 2.06. The third-order valence-corrected chi connectivity index (χ3v) is 6.30. The maximum absolute atomic E-state index is 12.1. The molecule has 3 aliphatic rings. The number of hydrogen-bond acceptors (Lipinski definition) is 5. The van der Waals surface area contributed by atoms with E-state index in [-0.39, 0.29) is 23.9 Å². The van der Waals surface area contributed by atoms with Crippen molar-refractivity contribution in [1.29, 1.82) is 0 Å². The van der Waals surface area contributed by atoms with Crippen LogP contribution in [0.25, 0.3) is 0 Å². The molecule has 6 heteroatoms. The Morgan fingerprint density at radius 3 is 2.88 bits per heavy atom. The number of hydrogen-bond donors (Lipinski definition) is 0. The molecule has 0 aromatic rings. The fourth-order valence-electron chi connectivity index (χ4n) is 3.58. The van der Waals surface area contributed by atoms with Gasteiger partial charge in [-0.2, -0.15) is 8.42 Å². The lowest BCUT2D eigenvalue weighted by Crippen LogP contribution is -2.44. The molecule has 5 atom stereocenters. The lowest BCUT2D eigenvalue weighted by molar-refractivity contribution is -0.149. The minimum absolute atomic E-state index is 0.212. The average molecular weight is 258 g/mol. The number of rotatable bonds is 2. The summed E-state index contributed by atoms with van der Waals surface area (Å²) in [7, 11) is -3.82. The fraction of sp³-hybridized carbons (Fsp3) is 0.727. The molecule has 1 aliphatic heterocycles. The summed E-state index contributed by atoms with van der Waals surface area (Å²) < 4.78 is 34.4. The Balaban J connectivity index is 2.05. The first-order valence-electron chi connectivity index (χ1n) is 5.69. The predicted octanol–water partition coefficient (Wildman–Crippen LogP) is 0.816. The van der Waals surface area contributed by atoms with Gasteiger partial charge in [0, 0.05) is 18.4 Å². The molecule has 5 nitrogen and oxygen atoms in total. The van der Waals surface area contributed by atoms with E-state index in [9.17, 15) is 13.2 Å². The van der Waals surface area contributed by atoms with Gasteiger partial charge in [0.15, 0.2) is 0 Å². The normalized spacial score (nSPS) is 49.2. The number of carbonyl (C=O) groups is 1. The van der Waals surface area contributed by atoms with E-state index < -0.39 is 21.0 Å². The largest absolute Gasteiger partial charge is 0.436 e. The summed E-state index contributed by atoms with van der Waals surface area (Å²) in [5.41, 5.74) is 0. The summed E-state index contributed by atoms with van der Waals surface area (Å²) in [5.74, 6) is -0.429. The molecule has 2 saturated carbocycles. The van der Waals surface area contributed by atoms with Crippen molar-refractivity contribution < 1.29 is 22.1 Å². The molecular formula is C11H14O5S. The molecule has 0 amide bonds. The van der Waals surface area contributed by atoms with Crippen molar-refractivity contribution in [2.75, 3.05) is 0 Å². The Hall–Kier alpha value is -0.880. The zero-order chi connectivity index (χ0) is 12.4. The molecule has 0 N–H and O–H groups in total. The van der Waals surface area contributed by atoms with E-state index in [1.54, 1.807) is 0 Å². The minimum Gasteiger partial charge on any atom is -0.436 e. The summed E-state index contributed by atoms with van der Waals surface area (Å²) in [4.78, 5) is 9.89. The van der Waals surface area contributed by atoms with Crippen LogP contribution in [0.4, 0.5) is 0 Å². The van der Waals surface area contributed by atoms with Gasteiger partial charge in [0.2, 0.25) is 4.93 Å². The van der Waals surface area contributed by atoms with Gasteiger partial charge < -0.3 is 4.74 Å². The van der Waals surface area contributed by atoms with Crippen LogP contribution in [0.1, 0.15) is 19.8 Å². The minimum atomic E-state index is -3.82. The monoisotopic (exact) mass is 258 g/mol. The number of ether oxygens (including phenoxy) is 1. The molecule has 2 aliphatic carbocycles. The van der Waals surface area contributed by atoms with Gasteiger partial charge in [0.25, 0.3) is 0 Å².